The van der Waals surface area contributed by atoms with Gasteiger partial charge in [-0.05, 0) is 62.1 Å². The fraction of sp³-hybridized carbons (Fsp3) is 0.478. The van der Waals surface area contributed by atoms with E-state index < -0.39 is 0 Å². The topological polar surface area (TPSA) is 59.2 Å². The number of ketones is 1. The molecule has 2 aliphatic rings. The van der Waals surface area contributed by atoms with Crippen molar-refractivity contribution in [1.82, 2.24) is 4.98 Å². The number of halogens is 1. The van der Waals surface area contributed by atoms with E-state index in [0.717, 1.165) is 42.5 Å². The van der Waals surface area contributed by atoms with Crippen molar-refractivity contribution in [3.05, 3.63) is 57.4 Å². The molecule has 28 heavy (non-hydrogen) atoms. The number of esters is 1. The van der Waals surface area contributed by atoms with E-state index >= 15 is 0 Å². The summed E-state index contributed by atoms with van der Waals surface area (Å²) in [6.45, 7) is 1.84. The van der Waals surface area contributed by atoms with E-state index in [1.165, 1.54) is 12.8 Å². The van der Waals surface area contributed by atoms with Crippen LogP contribution < -0.4 is 0 Å². The van der Waals surface area contributed by atoms with Gasteiger partial charge >= 0.3 is 5.97 Å². The molecule has 148 valence electrons. The standard InChI is InChI=1S/C23H26ClNO3/c1-14-21-19(12-15(13-20(21)26)17-10-6-7-11-18(17)24)25-22(14)23(27)28-16-8-4-2-3-5-9-16/h6-7,10-11,15-16,25H,2-5,8-9,12-13H2,1H3/t15-/m1/s1. The van der Waals surface area contributed by atoms with Crippen LogP contribution in [0.3, 0.4) is 0 Å². The number of carbonyl (C=O) groups is 2. The Morgan fingerprint density at radius 3 is 2.54 bits per heavy atom. The number of aromatic amines is 1. The van der Waals surface area contributed by atoms with Crippen molar-refractivity contribution in [1.29, 1.82) is 0 Å². The van der Waals surface area contributed by atoms with Crippen LogP contribution in [0.5, 0.6) is 0 Å². The second kappa shape index (κ2) is 8.12. The molecule has 1 fully saturated rings. The van der Waals surface area contributed by atoms with Crippen molar-refractivity contribution in [3.8, 4) is 0 Å². The molecule has 0 saturated heterocycles. The molecule has 0 unspecified atom stereocenters. The van der Waals surface area contributed by atoms with Gasteiger partial charge in [0.1, 0.15) is 11.8 Å². The smallest absolute Gasteiger partial charge is 0.355 e. The second-order valence-electron chi connectivity index (χ2n) is 8.05. The molecule has 1 heterocycles. The first-order valence-electron chi connectivity index (χ1n) is 10.2. The van der Waals surface area contributed by atoms with E-state index in [-0.39, 0.29) is 23.8 Å². The van der Waals surface area contributed by atoms with E-state index in [9.17, 15) is 9.59 Å². The van der Waals surface area contributed by atoms with Crippen LogP contribution in [-0.4, -0.2) is 22.8 Å². The lowest BCUT2D eigenvalue weighted by Gasteiger charge is -2.22. The fourth-order valence-corrected chi connectivity index (χ4v) is 4.92. The van der Waals surface area contributed by atoms with Crippen LogP contribution in [0.1, 0.15) is 88.5 Å². The fourth-order valence-electron chi connectivity index (χ4n) is 4.63. The normalized spacial score (nSPS) is 20.5. The van der Waals surface area contributed by atoms with Crippen LogP contribution in [0.4, 0.5) is 0 Å². The Morgan fingerprint density at radius 1 is 1.11 bits per heavy atom. The molecule has 4 nitrogen and oxygen atoms in total. The van der Waals surface area contributed by atoms with Crippen LogP contribution in [0.2, 0.25) is 5.02 Å². The molecule has 0 radical (unpaired) electrons. The van der Waals surface area contributed by atoms with Crippen LogP contribution in [0.25, 0.3) is 0 Å². The summed E-state index contributed by atoms with van der Waals surface area (Å²) in [5, 5.41) is 0.681. The Balaban J connectivity index is 1.57. The first-order chi connectivity index (χ1) is 13.5. The van der Waals surface area contributed by atoms with Crippen molar-refractivity contribution in [3.63, 3.8) is 0 Å². The number of benzene rings is 1. The van der Waals surface area contributed by atoms with E-state index in [1.54, 1.807) is 0 Å². The molecule has 2 aromatic rings. The molecular weight excluding hydrogens is 374 g/mol. The van der Waals surface area contributed by atoms with E-state index in [4.69, 9.17) is 16.3 Å². The van der Waals surface area contributed by atoms with Gasteiger partial charge in [0.25, 0.3) is 0 Å². The number of hydrogen-bond donors (Lipinski definition) is 1. The predicted octanol–water partition coefficient (Wildman–Crippen LogP) is 5.77. The highest BCUT2D eigenvalue weighted by Gasteiger charge is 2.33. The van der Waals surface area contributed by atoms with Crippen LogP contribution in [0.15, 0.2) is 24.3 Å². The summed E-state index contributed by atoms with van der Waals surface area (Å²) >= 11 is 6.35. The van der Waals surface area contributed by atoms with Gasteiger partial charge in [0, 0.05) is 22.7 Å². The highest BCUT2D eigenvalue weighted by atomic mass is 35.5. The zero-order chi connectivity index (χ0) is 19.7. The number of nitrogens with one attached hydrogen (secondary N) is 1. The molecule has 1 aromatic heterocycles. The lowest BCUT2D eigenvalue weighted by atomic mass is 9.81. The molecular formula is C23H26ClNO3. The summed E-state index contributed by atoms with van der Waals surface area (Å²) in [5.41, 5.74) is 3.62. The lowest BCUT2D eigenvalue weighted by molar-refractivity contribution is 0.0260. The predicted molar refractivity (Wildman–Crippen MR) is 109 cm³/mol. The Morgan fingerprint density at radius 2 is 1.82 bits per heavy atom. The Hall–Kier alpha value is -2.07. The molecule has 5 heteroatoms. The number of Topliss-reactive ketones (excluding diaryl/α,β-unsaturated/α-hetero) is 1. The molecule has 2 aliphatic carbocycles. The zero-order valence-electron chi connectivity index (χ0n) is 16.2. The largest absolute Gasteiger partial charge is 0.458 e. The summed E-state index contributed by atoms with van der Waals surface area (Å²) in [7, 11) is 0. The van der Waals surface area contributed by atoms with Gasteiger partial charge in [-0.3, -0.25) is 4.79 Å². The van der Waals surface area contributed by atoms with Crippen molar-refractivity contribution >= 4 is 23.4 Å². The van der Waals surface area contributed by atoms with Crippen molar-refractivity contribution in [2.24, 2.45) is 0 Å². The number of carbonyl (C=O) groups excluding carboxylic acids is 2. The maximum Gasteiger partial charge on any atom is 0.355 e. The van der Waals surface area contributed by atoms with E-state index in [0.29, 0.717) is 29.1 Å². The van der Waals surface area contributed by atoms with Gasteiger partial charge in [0.05, 0.1) is 0 Å². The number of H-pyrrole nitrogens is 1. The summed E-state index contributed by atoms with van der Waals surface area (Å²) in [4.78, 5) is 28.9. The molecule has 4 rings (SSSR count). The van der Waals surface area contributed by atoms with Gasteiger partial charge in [-0.15, -0.1) is 0 Å². The molecule has 0 amide bonds. The lowest BCUT2D eigenvalue weighted by Crippen LogP contribution is -2.19. The highest BCUT2D eigenvalue weighted by Crippen LogP contribution is 2.37. The summed E-state index contributed by atoms with van der Waals surface area (Å²) < 4.78 is 5.78. The van der Waals surface area contributed by atoms with Gasteiger partial charge in [0.2, 0.25) is 0 Å². The summed E-state index contributed by atoms with van der Waals surface area (Å²) in [6, 6.07) is 7.66. The third-order valence-corrected chi connectivity index (χ3v) is 6.46. The van der Waals surface area contributed by atoms with Crippen molar-refractivity contribution < 1.29 is 14.3 Å². The molecule has 1 atom stereocenters. The average molecular weight is 400 g/mol. The molecule has 1 saturated carbocycles. The molecule has 0 spiro atoms. The SMILES string of the molecule is Cc1c(C(=O)OC2CCCCCC2)[nH]c2c1C(=O)C[C@H](c1ccccc1Cl)C2. The number of rotatable bonds is 3. The van der Waals surface area contributed by atoms with Gasteiger partial charge in [-0.25, -0.2) is 4.79 Å². The van der Waals surface area contributed by atoms with Gasteiger partial charge in [-0.2, -0.15) is 0 Å². The average Bonchev–Trinajstić information content (AvgIpc) is 2.84. The number of aromatic nitrogens is 1. The number of hydrogen-bond acceptors (Lipinski definition) is 3. The van der Waals surface area contributed by atoms with Crippen LogP contribution in [-0.2, 0) is 11.2 Å². The number of ether oxygens (including phenoxy) is 1. The van der Waals surface area contributed by atoms with E-state index in [1.807, 2.05) is 31.2 Å². The second-order valence-corrected chi connectivity index (χ2v) is 8.45. The quantitative estimate of drug-likeness (QED) is 0.526. The molecule has 1 aromatic carbocycles. The number of fused-ring (bicyclic) bond motifs is 1. The minimum atomic E-state index is -0.333. The third-order valence-electron chi connectivity index (χ3n) is 6.11. The monoisotopic (exact) mass is 399 g/mol. The first-order valence-corrected chi connectivity index (χ1v) is 10.6. The van der Waals surface area contributed by atoms with Crippen LogP contribution >= 0.6 is 11.6 Å². The van der Waals surface area contributed by atoms with Gasteiger partial charge in [-0.1, -0.05) is 42.6 Å². The Bertz CT molecular complexity index is 893. The third kappa shape index (κ3) is 3.75. The van der Waals surface area contributed by atoms with Gasteiger partial charge < -0.3 is 9.72 Å². The van der Waals surface area contributed by atoms with E-state index in [2.05, 4.69) is 4.98 Å². The zero-order valence-corrected chi connectivity index (χ0v) is 17.0. The van der Waals surface area contributed by atoms with Crippen molar-refractivity contribution in [2.75, 3.05) is 0 Å². The minimum Gasteiger partial charge on any atom is -0.458 e. The Kier molecular flexibility index (Phi) is 5.58. The maximum atomic E-state index is 12.9. The highest BCUT2D eigenvalue weighted by molar-refractivity contribution is 6.31. The summed E-state index contributed by atoms with van der Waals surface area (Å²) in [6.07, 6.45) is 7.56. The maximum absolute atomic E-state index is 12.9. The van der Waals surface area contributed by atoms with Crippen molar-refractivity contribution in [2.45, 2.75) is 70.3 Å². The van der Waals surface area contributed by atoms with Crippen LogP contribution in [0, 0.1) is 6.92 Å². The van der Waals surface area contributed by atoms with Gasteiger partial charge in [0.15, 0.2) is 5.78 Å². The molecule has 1 N–H and O–H groups in total. The molecule has 0 aliphatic heterocycles. The Labute approximate surface area is 170 Å². The molecule has 0 bridgehead atoms. The first kappa shape index (κ1) is 19.3. The summed E-state index contributed by atoms with van der Waals surface area (Å²) in [5.74, 6) is -0.244. The minimum absolute atomic E-state index is 0.0127.